The molecule has 0 aromatic carbocycles. The van der Waals surface area contributed by atoms with Crippen LogP contribution in [0.2, 0.25) is 0 Å². The third kappa shape index (κ3) is 4.34. The molecule has 2 rings (SSSR count). The van der Waals surface area contributed by atoms with Crippen LogP contribution in [0.25, 0.3) is 10.2 Å². The highest BCUT2D eigenvalue weighted by molar-refractivity contribution is 7.99. The van der Waals surface area contributed by atoms with Gasteiger partial charge < -0.3 is 10.2 Å². The predicted molar refractivity (Wildman–Crippen MR) is 106 cm³/mol. The minimum Gasteiger partial charge on any atom is -0.347 e. The molecule has 0 radical (unpaired) electrons. The van der Waals surface area contributed by atoms with Crippen molar-refractivity contribution < 1.29 is 9.59 Å². The molecule has 0 aliphatic carbocycles. The Morgan fingerprint density at radius 3 is 2.69 bits per heavy atom. The largest absolute Gasteiger partial charge is 0.347 e. The van der Waals surface area contributed by atoms with Gasteiger partial charge in [0.15, 0.2) is 5.16 Å². The molecule has 0 fully saturated rings. The monoisotopic (exact) mass is 394 g/mol. The number of fused-ring (bicyclic) bond motifs is 1. The number of nitrogens with one attached hydrogen (secondary N) is 1. The summed E-state index contributed by atoms with van der Waals surface area (Å²) >= 11 is 2.64. The summed E-state index contributed by atoms with van der Waals surface area (Å²) in [5, 5.41) is 3.66. The third-order valence-corrected chi connectivity index (χ3v) is 5.91. The number of carbonyl (C=O) groups excluding carboxylic acids is 2. The number of amides is 2. The highest BCUT2D eigenvalue weighted by atomic mass is 32.2. The van der Waals surface area contributed by atoms with Gasteiger partial charge in [-0.15, -0.1) is 17.9 Å². The first-order valence-corrected chi connectivity index (χ1v) is 9.77. The molecule has 0 bridgehead atoms. The van der Waals surface area contributed by atoms with Gasteiger partial charge in [-0.2, -0.15) is 0 Å². The number of rotatable bonds is 7. The number of likely N-dealkylation sites (N-methyl/N-ethyl adjacent to an activating group) is 1. The standard InChI is InChI=1S/C17H22N4O3S2/c1-6-7-21-16(24)14-10(2)11(3)26-15(14)19-17(21)25-9-12(22)18-8-13(23)20(4)5/h6H,1,7-9H2,2-5H3,(H,18,22). The van der Waals surface area contributed by atoms with Crippen LogP contribution in [0.4, 0.5) is 0 Å². The molecule has 140 valence electrons. The number of thiophene rings is 1. The fraction of sp³-hybridized carbons (Fsp3) is 0.412. The first-order chi connectivity index (χ1) is 12.3. The Hall–Kier alpha value is -2.13. The molecule has 0 spiro atoms. The zero-order valence-electron chi connectivity index (χ0n) is 15.3. The fourth-order valence-electron chi connectivity index (χ4n) is 2.22. The lowest BCUT2D eigenvalue weighted by atomic mass is 10.2. The minimum atomic E-state index is -0.289. The lowest BCUT2D eigenvalue weighted by Crippen LogP contribution is -2.37. The Morgan fingerprint density at radius 2 is 2.08 bits per heavy atom. The topological polar surface area (TPSA) is 84.3 Å². The molecular formula is C17H22N4O3S2. The van der Waals surface area contributed by atoms with Gasteiger partial charge in [-0.25, -0.2) is 4.98 Å². The quantitative estimate of drug-likeness (QED) is 0.438. The zero-order valence-corrected chi connectivity index (χ0v) is 16.9. The lowest BCUT2D eigenvalue weighted by molar-refractivity contribution is -0.130. The number of nitrogens with zero attached hydrogens (tertiary/aromatic N) is 3. The first-order valence-electron chi connectivity index (χ1n) is 7.97. The Morgan fingerprint density at radius 1 is 1.38 bits per heavy atom. The van der Waals surface area contributed by atoms with Gasteiger partial charge in [0.05, 0.1) is 17.7 Å². The number of aromatic nitrogens is 2. The van der Waals surface area contributed by atoms with Crippen molar-refractivity contribution in [2.75, 3.05) is 26.4 Å². The summed E-state index contributed by atoms with van der Waals surface area (Å²) < 4.78 is 1.53. The molecule has 9 heteroatoms. The smallest absolute Gasteiger partial charge is 0.263 e. The number of allylic oxidation sites excluding steroid dienone is 1. The fourth-order valence-corrected chi connectivity index (χ4v) is 4.13. The molecule has 0 saturated heterocycles. The maximum Gasteiger partial charge on any atom is 0.263 e. The molecule has 0 aliphatic heterocycles. The van der Waals surface area contributed by atoms with Gasteiger partial charge in [0.1, 0.15) is 4.83 Å². The van der Waals surface area contributed by atoms with Crippen molar-refractivity contribution in [1.29, 1.82) is 0 Å². The van der Waals surface area contributed by atoms with E-state index in [1.807, 2.05) is 13.8 Å². The van der Waals surface area contributed by atoms with E-state index in [2.05, 4.69) is 16.9 Å². The second-order valence-electron chi connectivity index (χ2n) is 5.92. The van der Waals surface area contributed by atoms with Crippen molar-refractivity contribution in [3.05, 3.63) is 33.4 Å². The number of carbonyl (C=O) groups is 2. The summed E-state index contributed by atoms with van der Waals surface area (Å²) in [6, 6.07) is 0. The van der Waals surface area contributed by atoms with Crippen LogP contribution in [0.5, 0.6) is 0 Å². The van der Waals surface area contributed by atoms with Crippen LogP contribution in [0, 0.1) is 13.8 Å². The maximum absolute atomic E-state index is 12.8. The summed E-state index contributed by atoms with van der Waals surface area (Å²) in [5.74, 6) is -0.404. The van der Waals surface area contributed by atoms with E-state index in [4.69, 9.17) is 0 Å². The van der Waals surface area contributed by atoms with Gasteiger partial charge in [0.2, 0.25) is 11.8 Å². The van der Waals surface area contributed by atoms with Gasteiger partial charge in [-0.3, -0.25) is 19.0 Å². The van der Waals surface area contributed by atoms with Crippen molar-refractivity contribution in [3.8, 4) is 0 Å². The van der Waals surface area contributed by atoms with E-state index in [1.54, 1.807) is 20.2 Å². The summed E-state index contributed by atoms with van der Waals surface area (Å²) in [7, 11) is 3.25. The minimum absolute atomic E-state index is 0.0539. The average Bonchev–Trinajstić information content (AvgIpc) is 2.87. The van der Waals surface area contributed by atoms with Crippen molar-refractivity contribution in [3.63, 3.8) is 0 Å². The van der Waals surface area contributed by atoms with Crippen LogP contribution in [0.15, 0.2) is 22.6 Å². The van der Waals surface area contributed by atoms with E-state index < -0.39 is 0 Å². The van der Waals surface area contributed by atoms with Crippen molar-refractivity contribution in [2.24, 2.45) is 0 Å². The van der Waals surface area contributed by atoms with Gasteiger partial charge in [0.25, 0.3) is 5.56 Å². The van der Waals surface area contributed by atoms with E-state index in [-0.39, 0.29) is 29.7 Å². The van der Waals surface area contributed by atoms with Gasteiger partial charge >= 0.3 is 0 Å². The molecule has 26 heavy (non-hydrogen) atoms. The van der Waals surface area contributed by atoms with Crippen molar-refractivity contribution in [2.45, 2.75) is 25.5 Å². The van der Waals surface area contributed by atoms with E-state index in [9.17, 15) is 14.4 Å². The van der Waals surface area contributed by atoms with Crippen molar-refractivity contribution in [1.82, 2.24) is 19.8 Å². The lowest BCUT2D eigenvalue weighted by Gasteiger charge is -2.12. The zero-order chi connectivity index (χ0) is 19.4. The van der Waals surface area contributed by atoms with Crippen LogP contribution < -0.4 is 10.9 Å². The van der Waals surface area contributed by atoms with E-state index >= 15 is 0 Å². The van der Waals surface area contributed by atoms with Crippen LogP contribution in [-0.2, 0) is 16.1 Å². The van der Waals surface area contributed by atoms with Gasteiger partial charge in [0, 0.05) is 25.5 Å². The normalized spacial score (nSPS) is 10.8. The molecule has 7 nitrogen and oxygen atoms in total. The molecule has 2 amide bonds. The number of hydrogen-bond donors (Lipinski definition) is 1. The van der Waals surface area contributed by atoms with Crippen LogP contribution in [0.3, 0.4) is 0 Å². The molecular weight excluding hydrogens is 372 g/mol. The molecule has 0 aliphatic rings. The number of aryl methyl sites for hydroxylation is 2. The Kier molecular flexibility index (Phi) is 6.60. The molecule has 0 unspecified atom stereocenters. The van der Waals surface area contributed by atoms with Crippen LogP contribution in [0.1, 0.15) is 10.4 Å². The Balaban J connectivity index is 2.22. The van der Waals surface area contributed by atoms with E-state index in [0.29, 0.717) is 21.9 Å². The Labute approximate surface area is 160 Å². The predicted octanol–water partition coefficient (Wildman–Crippen LogP) is 1.56. The number of thioether (sulfide) groups is 1. The van der Waals surface area contributed by atoms with Gasteiger partial charge in [-0.05, 0) is 19.4 Å². The highest BCUT2D eigenvalue weighted by Crippen LogP contribution is 2.28. The van der Waals surface area contributed by atoms with Crippen molar-refractivity contribution >= 4 is 45.1 Å². The Bertz CT molecular complexity index is 915. The summed E-state index contributed by atoms with van der Waals surface area (Å²) in [5.41, 5.74) is 0.819. The second kappa shape index (κ2) is 8.50. The molecule has 2 heterocycles. The summed E-state index contributed by atoms with van der Waals surface area (Å²) in [4.78, 5) is 44.0. The maximum atomic E-state index is 12.8. The van der Waals surface area contributed by atoms with Crippen LogP contribution in [-0.4, -0.2) is 52.7 Å². The molecule has 0 atom stereocenters. The molecule has 2 aromatic rings. The summed E-state index contributed by atoms with van der Waals surface area (Å²) in [6.45, 7) is 7.83. The SMILES string of the molecule is C=CCn1c(SCC(=O)NCC(=O)N(C)C)nc2sc(C)c(C)c2c1=O. The second-order valence-corrected chi connectivity index (χ2v) is 8.06. The number of hydrogen-bond acceptors (Lipinski definition) is 6. The summed E-state index contributed by atoms with van der Waals surface area (Å²) in [6.07, 6.45) is 1.63. The molecule has 1 N–H and O–H groups in total. The van der Waals surface area contributed by atoms with Crippen LogP contribution >= 0.6 is 23.1 Å². The molecule has 0 saturated carbocycles. The average molecular weight is 395 g/mol. The van der Waals surface area contributed by atoms with E-state index in [1.165, 1.54) is 32.6 Å². The highest BCUT2D eigenvalue weighted by Gasteiger charge is 2.17. The third-order valence-electron chi connectivity index (χ3n) is 3.83. The van der Waals surface area contributed by atoms with Gasteiger partial charge in [-0.1, -0.05) is 17.8 Å². The van der Waals surface area contributed by atoms with E-state index in [0.717, 1.165) is 10.4 Å². The molecule has 2 aromatic heterocycles. The first kappa shape index (κ1) is 20.2.